The highest BCUT2D eigenvalue weighted by Crippen LogP contribution is 2.07. The van der Waals surface area contributed by atoms with E-state index in [4.69, 9.17) is 5.11 Å². The van der Waals surface area contributed by atoms with Gasteiger partial charge in [-0.15, -0.1) is 0 Å². The number of amides is 1. The molecular weight excluding hydrogens is 202 g/mol. The Morgan fingerprint density at radius 1 is 1.44 bits per heavy atom. The predicted molar refractivity (Wildman–Crippen MR) is 63.0 cm³/mol. The van der Waals surface area contributed by atoms with Crippen molar-refractivity contribution in [3.05, 3.63) is 35.4 Å². The molecule has 0 aromatic heterocycles. The first-order valence-electron chi connectivity index (χ1n) is 5.26. The maximum Gasteiger partial charge on any atom is 0.252 e. The van der Waals surface area contributed by atoms with Gasteiger partial charge >= 0.3 is 0 Å². The van der Waals surface area contributed by atoms with Gasteiger partial charge in [0.2, 0.25) is 0 Å². The van der Waals surface area contributed by atoms with Gasteiger partial charge in [-0.05, 0) is 19.1 Å². The molecule has 2 N–H and O–H groups in total. The van der Waals surface area contributed by atoms with Gasteiger partial charge in [-0.25, -0.2) is 0 Å². The van der Waals surface area contributed by atoms with Gasteiger partial charge in [-0.2, -0.15) is 0 Å². The molecule has 16 heavy (non-hydrogen) atoms. The molecule has 1 aromatic rings. The molecule has 1 aromatic carbocycles. The normalized spacial score (nSPS) is 9.12. The highest BCUT2D eigenvalue weighted by atomic mass is 16.2. The summed E-state index contributed by atoms with van der Waals surface area (Å²) in [6.45, 7) is 2.51. The lowest BCUT2D eigenvalue weighted by Crippen LogP contribution is -2.23. The molecule has 3 nitrogen and oxygen atoms in total. The Hall–Kier alpha value is -1.79. The predicted octanol–water partition coefficient (Wildman–Crippen LogP) is 1.17. The van der Waals surface area contributed by atoms with Crippen LogP contribution in [0.5, 0.6) is 0 Å². The molecule has 0 atom stereocenters. The second-order valence-electron chi connectivity index (χ2n) is 3.18. The molecule has 0 aliphatic carbocycles. The van der Waals surface area contributed by atoms with Crippen LogP contribution in [0.2, 0.25) is 0 Å². The molecule has 3 heteroatoms. The van der Waals surface area contributed by atoms with E-state index in [1.165, 1.54) is 0 Å². The maximum absolute atomic E-state index is 11.7. The third-order valence-electron chi connectivity index (χ3n) is 1.97. The van der Waals surface area contributed by atoms with Gasteiger partial charge in [0.25, 0.3) is 5.91 Å². The van der Waals surface area contributed by atoms with Crippen LogP contribution in [0.3, 0.4) is 0 Å². The van der Waals surface area contributed by atoms with Gasteiger partial charge in [0.05, 0.1) is 12.2 Å². The highest BCUT2D eigenvalue weighted by Gasteiger charge is 2.07. The van der Waals surface area contributed by atoms with E-state index >= 15 is 0 Å². The number of aliphatic hydroxyl groups excluding tert-OH is 1. The van der Waals surface area contributed by atoms with Crippen LogP contribution >= 0.6 is 0 Å². The summed E-state index contributed by atoms with van der Waals surface area (Å²) < 4.78 is 0. The van der Waals surface area contributed by atoms with E-state index in [1.807, 2.05) is 19.1 Å². The SMILES string of the molecule is CCNC(=O)c1ccccc1C#CCCO. The van der Waals surface area contributed by atoms with Gasteiger partial charge in [-0.1, -0.05) is 24.0 Å². The second kappa shape index (κ2) is 6.65. The Kier molecular flexibility index (Phi) is 5.10. The van der Waals surface area contributed by atoms with Crippen molar-refractivity contribution < 1.29 is 9.90 Å². The minimum Gasteiger partial charge on any atom is -0.395 e. The van der Waals surface area contributed by atoms with Gasteiger partial charge in [-0.3, -0.25) is 4.79 Å². The number of carbonyl (C=O) groups excluding carboxylic acids is 1. The van der Waals surface area contributed by atoms with Gasteiger partial charge in [0, 0.05) is 18.5 Å². The van der Waals surface area contributed by atoms with Crippen molar-refractivity contribution in [2.24, 2.45) is 0 Å². The lowest BCUT2D eigenvalue weighted by molar-refractivity contribution is 0.0955. The topological polar surface area (TPSA) is 49.3 Å². The quantitative estimate of drug-likeness (QED) is 0.747. The highest BCUT2D eigenvalue weighted by molar-refractivity contribution is 5.96. The van der Waals surface area contributed by atoms with E-state index in [-0.39, 0.29) is 12.5 Å². The van der Waals surface area contributed by atoms with E-state index in [0.29, 0.717) is 24.1 Å². The van der Waals surface area contributed by atoms with E-state index < -0.39 is 0 Å². The molecule has 1 amide bonds. The average Bonchev–Trinajstić information content (AvgIpc) is 2.30. The molecule has 0 saturated carbocycles. The Bertz CT molecular complexity index is 415. The van der Waals surface area contributed by atoms with Crippen molar-refractivity contribution >= 4 is 5.91 Å². The van der Waals surface area contributed by atoms with Crippen LogP contribution in [-0.2, 0) is 0 Å². The summed E-state index contributed by atoms with van der Waals surface area (Å²) in [5.41, 5.74) is 1.27. The third-order valence-corrected chi connectivity index (χ3v) is 1.97. The Morgan fingerprint density at radius 3 is 2.88 bits per heavy atom. The molecule has 0 bridgehead atoms. The van der Waals surface area contributed by atoms with Gasteiger partial charge in [0.1, 0.15) is 0 Å². The molecule has 0 aliphatic rings. The van der Waals surface area contributed by atoms with Crippen molar-refractivity contribution in [3.8, 4) is 11.8 Å². The van der Waals surface area contributed by atoms with Crippen LogP contribution in [0.25, 0.3) is 0 Å². The number of carbonyl (C=O) groups is 1. The van der Waals surface area contributed by atoms with E-state index in [1.54, 1.807) is 12.1 Å². The number of aliphatic hydroxyl groups is 1. The average molecular weight is 217 g/mol. The van der Waals surface area contributed by atoms with Crippen molar-refractivity contribution in [3.63, 3.8) is 0 Å². The molecule has 0 fully saturated rings. The second-order valence-corrected chi connectivity index (χ2v) is 3.18. The maximum atomic E-state index is 11.7. The molecule has 0 aliphatic heterocycles. The van der Waals surface area contributed by atoms with Crippen LogP contribution in [0, 0.1) is 11.8 Å². The van der Waals surface area contributed by atoms with Crippen LogP contribution < -0.4 is 5.32 Å². The summed E-state index contributed by atoms with van der Waals surface area (Å²) in [4.78, 5) is 11.7. The van der Waals surface area contributed by atoms with Crippen LogP contribution in [0.4, 0.5) is 0 Å². The third kappa shape index (κ3) is 3.41. The van der Waals surface area contributed by atoms with Gasteiger partial charge in [0.15, 0.2) is 0 Å². The Labute approximate surface area is 95.5 Å². The zero-order valence-corrected chi connectivity index (χ0v) is 9.29. The molecule has 0 unspecified atom stereocenters. The minimum atomic E-state index is -0.114. The zero-order valence-electron chi connectivity index (χ0n) is 9.29. The molecule has 0 spiro atoms. The fourth-order valence-electron chi connectivity index (χ4n) is 1.26. The number of hydrogen-bond donors (Lipinski definition) is 2. The smallest absolute Gasteiger partial charge is 0.252 e. The fourth-order valence-corrected chi connectivity index (χ4v) is 1.26. The number of nitrogens with one attached hydrogen (secondary N) is 1. The van der Waals surface area contributed by atoms with E-state index in [9.17, 15) is 4.79 Å². The van der Waals surface area contributed by atoms with Crippen molar-refractivity contribution in [2.75, 3.05) is 13.2 Å². The number of rotatable bonds is 3. The Balaban J connectivity index is 2.93. The van der Waals surface area contributed by atoms with Crippen LogP contribution in [0.15, 0.2) is 24.3 Å². The lowest BCUT2D eigenvalue weighted by Gasteiger charge is -2.03. The molecular formula is C13H15NO2. The molecule has 0 radical (unpaired) electrons. The summed E-state index contributed by atoms with van der Waals surface area (Å²) >= 11 is 0. The molecule has 1 rings (SSSR count). The number of hydrogen-bond acceptors (Lipinski definition) is 2. The lowest BCUT2D eigenvalue weighted by atomic mass is 10.1. The van der Waals surface area contributed by atoms with E-state index in [2.05, 4.69) is 17.2 Å². The summed E-state index contributed by atoms with van der Waals surface area (Å²) in [5.74, 6) is 5.58. The molecule has 84 valence electrons. The van der Waals surface area contributed by atoms with Crippen molar-refractivity contribution in [1.82, 2.24) is 5.32 Å². The van der Waals surface area contributed by atoms with Gasteiger partial charge < -0.3 is 10.4 Å². The summed E-state index contributed by atoms with van der Waals surface area (Å²) in [5, 5.41) is 11.4. The van der Waals surface area contributed by atoms with Crippen LogP contribution in [0.1, 0.15) is 29.3 Å². The van der Waals surface area contributed by atoms with Crippen molar-refractivity contribution in [2.45, 2.75) is 13.3 Å². The largest absolute Gasteiger partial charge is 0.395 e. The summed E-state index contributed by atoms with van der Waals surface area (Å²) in [6, 6.07) is 7.19. The standard InChI is InChI=1S/C13H15NO2/c1-2-14-13(16)12-9-4-3-7-11(12)8-5-6-10-15/h3-4,7,9,15H,2,6,10H2,1H3,(H,14,16). The van der Waals surface area contributed by atoms with E-state index in [0.717, 1.165) is 0 Å². The first-order chi connectivity index (χ1) is 7.79. The fraction of sp³-hybridized carbons (Fsp3) is 0.308. The first kappa shape index (κ1) is 12.3. The minimum absolute atomic E-state index is 0.0380. The molecule has 0 heterocycles. The van der Waals surface area contributed by atoms with Crippen molar-refractivity contribution in [1.29, 1.82) is 0 Å². The summed E-state index contributed by atoms with van der Waals surface area (Å²) in [6.07, 6.45) is 0.420. The summed E-state index contributed by atoms with van der Waals surface area (Å²) in [7, 11) is 0. The van der Waals surface area contributed by atoms with Crippen LogP contribution in [-0.4, -0.2) is 24.2 Å². The number of benzene rings is 1. The Morgan fingerprint density at radius 2 is 2.19 bits per heavy atom. The first-order valence-corrected chi connectivity index (χ1v) is 5.26. The monoisotopic (exact) mass is 217 g/mol. The molecule has 0 saturated heterocycles. The zero-order chi connectivity index (χ0) is 11.8.